The minimum atomic E-state index is -3.04. The number of aliphatic carboxylic acids is 1. The molecule has 0 heterocycles. The summed E-state index contributed by atoms with van der Waals surface area (Å²) >= 11 is 0. The Kier molecular flexibility index (Phi) is 3.67. The van der Waals surface area contributed by atoms with Crippen LogP contribution in [0.4, 0.5) is 0 Å². The number of carbonyl (C=O) groups is 1. The number of sulfone groups is 1. The summed E-state index contributed by atoms with van der Waals surface area (Å²) in [6.45, 7) is 0. The molecule has 0 radical (unpaired) electrons. The number of fused-ring (bicyclic) bond motifs is 1. The van der Waals surface area contributed by atoms with Crippen LogP contribution in [0.3, 0.4) is 0 Å². The zero-order valence-electron chi connectivity index (χ0n) is 10.9. The highest BCUT2D eigenvalue weighted by Crippen LogP contribution is 2.42. The highest BCUT2D eigenvalue weighted by atomic mass is 32.2. The maximum atomic E-state index is 11.7. The second-order valence-electron chi connectivity index (χ2n) is 5.28. The Morgan fingerprint density at radius 1 is 1.37 bits per heavy atom. The van der Waals surface area contributed by atoms with Gasteiger partial charge in [-0.25, -0.2) is 8.42 Å². The van der Waals surface area contributed by atoms with Gasteiger partial charge < -0.3 is 5.11 Å². The van der Waals surface area contributed by atoms with Crippen molar-refractivity contribution in [3.63, 3.8) is 0 Å². The molecule has 4 nitrogen and oxygen atoms in total. The molecule has 0 saturated heterocycles. The van der Waals surface area contributed by atoms with Crippen LogP contribution in [0.5, 0.6) is 0 Å². The van der Waals surface area contributed by atoms with Crippen LogP contribution in [-0.4, -0.2) is 31.5 Å². The maximum Gasteiger partial charge on any atom is 0.314 e. The fourth-order valence-electron chi connectivity index (χ4n) is 2.91. The predicted octanol–water partition coefficient (Wildman–Crippen LogP) is 1.78. The minimum Gasteiger partial charge on any atom is -0.481 e. The summed E-state index contributed by atoms with van der Waals surface area (Å²) in [6, 6.07) is 7.57. The van der Waals surface area contributed by atoms with Crippen LogP contribution in [-0.2, 0) is 26.5 Å². The Hall–Kier alpha value is -1.36. The first kappa shape index (κ1) is 14.1. The number of aryl methyl sites for hydroxylation is 1. The van der Waals surface area contributed by atoms with Gasteiger partial charge in [-0.05, 0) is 36.8 Å². The molecule has 1 unspecified atom stereocenters. The largest absolute Gasteiger partial charge is 0.481 e. The van der Waals surface area contributed by atoms with Gasteiger partial charge in [0.05, 0.1) is 5.41 Å². The van der Waals surface area contributed by atoms with Crippen molar-refractivity contribution in [2.75, 3.05) is 12.0 Å². The lowest BCUT2D eigenvalue weighted by Gasteiger charge is -2.25. The number of hydrogen-bond acceptors (Lipinski definition) is 3. The van der Waals surface area contributed by atoms with Crippen LogP contribution in [0.1, 0.15) is 30.4 Å². The van der Waals surface area contributed by atoms with Gasteiger partial charge in [0, 0.05) is 12.0 Å². The SMILES string of the molecule is CS(=O)(=O)CCCC1(C(=O)O)CCc2ccccc21. The van der Waals surface area contributed by atoms with E-state index in [2.05, 4.69) is 0 Å². The Bertz CT molecular complexity index is 591. The number of carboxylic acids is 1. The average molecular weight is 282 g/mol. The molecular formula is C14H18O4S. The van der Waals surface area contributed by atoms with E-state index in [1.165, 1.54) is 6.26 Å². The Morgan fingerprint density at radius 2 is 2.05 bits per heavy atom. The van der Waals surface area contributed by atoms with E-state index in [1.54, 1.807) is 0 Å². The molecule has 2 rings (SSSR count). The predicted molar refractivity (Wildman–Crippen MR) is 73.0 cm³/mol. The van der Waals surface area contributed by atoms with Crippen LogP contribution in [0.25, 0.3) is 0 Å². The first-order valence-corrected chi connectivity index (χ1v) is 8.41. The van der Waals surface area contributed by atoms with Crippen molar-refractivity contribution in [1.29, 1.82) is 0 Å². The molecule has 0 aromatic heterocycles. The van der Waals surface area contributed by atoms with Gasteiger partial charge in [0.2, 0.25) is 0 Å². The first-order valence-electron chi connectivity index (χ1n) is 6.35. The molecule has 0 bridgehead atoms. The molecular weight excluding hydrogens is 264 g/mol. The highest BCUT2D eigenvalue weighted by Gasteiger charge is 2.44. The summed E-state index contributed by atoms with van der Waals surface area (Å²) in [5.41, 5.74) is 1.03. The van der Waals surface area contributed by atoms with Gasteiger partial charge >= 0.3 is 5.97 Å². The van der Waals surface area contributed by atoms with E-state index in [4.69, 9.17) is 0 Å². The molecule has 0 spiro atoms. The third-order valence-electron chi connectivity index (χ3n) is 3.88. The van der Waals surface area contributed by atoms with Gasteiger partial charge in [0.1, 0.15) is 9.84 Å². The zero-order valence-corrected chi connectivity index (χ0v) is 11.7. The molecule has 1 aromatic carbocycles. The smallest absolute Gasteiger partial charge is 0.314 e. The van der Waals surface area contributed by atoms with Crippen LogP contribution >= 0.6 is 0 Å². The van der Waals surface area contributed by atoms with Crippen molar-refractivity contribution >= 4 is 15.8 Å². The van der Waals surface area contributed by atoms with Gasteiger partial charge in [0.15, 0.2) is 0 Å². The second kappa shape index (κ2) is 4.96. The quantitative estimate of drug-likeness (QED) is 0.893. The van der Waals surface area contributed by atoms with Crippen molar-refractivity contribution in [2.24, 2.45) is 0 Å². The molecule has 0 saturated carbocycles. The summed E-state index contributed by atoms with van der Waals surface area (Å²) in [5.74, 6) is -0.796. The maximum absolute atomic E-state index is 11.7. The molecule has 1 aliphatic rings. The van der Waals surface area contributed by atoms with Gasteiger partial charge in [-0.1, -0.05) is 24.3 Å². The molecule has 0 aliphatic heterocycles. The van der Waals surface area contributed by atoms with E-state index in [9.17, 15) is 18.3 Å². The van der Waals surface area contributed by atoms with Crippen molar-refractivity contribution < 1.29 is 18.3 Å². The van der Waals surface area contributed by atoms with Gasteiger partial charge in [-0.3, -0.25) is 4.79 Å². The Balaban J connectivity index is 2.24. The molecule has 19 heavy (non-hydrogen) atoms. The summed E-state index contributed by atoms with van der Waals surface area (Å²) in [6.07, 6.45) is 3.27. The third kappa shape index (κ3) is 2.81. The Morgan fingerprint density at radius 3 is 2.68 bits per heavy atom. The van der Waals surface area contributed by atoms with E-state index < -0.39 is 21.2 Å². The lowest BCUT2D eigenvalue weighted by molar-refractivity contribution is -0.144. The highest BCUT2D eigenvalue weighted by molar-refractivity contribution is 7.90. The molecule has 1 aliphatic carbocycles. The number of benzene rings is 1. The molecule has 0 amide bonds. The third-order valence-corrected chi connectivity index (χ3v) is 4.91. The molecule has 1 aromatic rings. The van der Waals surface area contributed by atoms with Crippen molar-refractivity contribution in [2.45, 2.75) is 31.1 Å². The monoisotopic (exact) mass is 282 g/mol. The standard InChI is InChI=1S/C14H18O4S/c1-19(17,18)10-4-8-14(13(15)16)9-7-11-5-2-3-6-12(11)14/h2-3,5-6H,4,7-10H2,1H3,(H,15,16). The molecule has 5 heteroatoms. The van der Waals surface area contributed by atoms with Crippen molar-refractivity contribution in [3.05, 3.63) is 35.4 Å². The fourth-order valence-corrected chi connectivity index (χ4v) is 3.58. The number of rotatable bonds is 5. The summed E-state index contributed by atoms with van der Waals surface area (Å²) in [5, 5.41) is 9.59. The Labute approximate surface area is 113 Å². The van der Waals surface area contributed by atoms with E-state index in [-0.39, 0.29) is 5.75 Å². The number of hydrogen-bond donors (Lipinski definition) is 1. The minimum absolute atomic E-state index is 0.0458. The van der Waals surface area contributed by atoms with E-state index in [0.29, 0.717) is 19.3 Å². The topological polar surface area (TPSA) is 71.4 Å². The molecule has 1 N–H and O–H groups in total. The normalized spacial score (nSPS) is 22.2. The first-order chi connectivity index (χ1) is 8.85. The van der Waals surface area contributed by atoms with E-state index >= 15 is 0 Å². The van der Waals surface area contributed by atoms with E-state index in [1.807, 2.05) is 24.3 Å². The van der Waals surface area contributed by atoms with Gasteiger partial charge in [0.25, 0.3) is 0 Å². The number of carboxylic acid groups (broad SMARTS) is 1. The molecule has 0 fully saturated rings. The van der Waals surface area contributed by atoms with Crippen molar-refractivity contribution in [1.82, 2.24) is 0 Å². The van der Waals surface area contributed by atoms with Crippen LogP contribution in [0.2, 0.25) is 0 Å². The van der Waals surface area contributed by atoms with Crippen LogP contribution in [0.15, 0.2) is 24.3 Å². The second-order valence-corrected chi connectivity index (χ2v) is 7.54. The van der Waals surface area contributed by atoms with Crippen molar-refractivity contribution in [3.8, 4) is 0 Å². The average Bonchev–Trinajstić information content (AvgIpc) is 2.68. The molecule has 104 valence electrons. The van der Waals surface area contributed by atoms with E-state index in [0.717, 1.165) is 17.5 Å². The lowest BCUT2D eigenvalue weighted by Crippen LogP contribution is -2.34. The van der Waals surface area contributed by atoms with Crippen LogP contribution in [0, 0.1) is 0 Å². The lowest BCUT2D eigenvalue weighted by atomic mass is 9.78. The van der Waals surface area contributed by atoms with Gasteiger partial charge in [-0.2, -0.15) is 0 Å². The van der Waals surface area contributed by atoms with Crippen LogP contribution < -0.4 is 0 Å². The summed E-state index contributed by atoms with van der Waals surface area (Å²) in [7, 11) is -3.04. The summed E-state index contributed by atoms with van der Waals surface area (Å²) in [4.78, 5) is 11.7. The summed E-state index contributed by atoms with van der Waals surface area (Å²) < 4.78 is 22.4. The zero-order chi connectivity index (χ0) is 14.1. The molecule has 1 atom stereocenters. The fraction of sp³-hybridized carbons (Fsp3) is 0.500. The van der Waals surface area contributed by atoms with Gasteiger partial charge in [-0.15, -0.1) is 0 Å².